The van der Waals surface area contributed by atoms with Crippen LogP contribution in [0.1, 0.15) is 27.7 Å². The zero-order chi connectivity index (χ0) is 24.7. The third kappa shape index (κ3) is 4.54. The van der Waals surface area contributed by atoms with E-state index < -0.39 is 21.0 Å². The smallest absolute Gasteiger partial charge is 0.271 e. The van der Waals surface area contributed by atoms with Crippen molar-refractivity contribution in [1.82, 2.24) is 0 Å². The Kier molecular flexibility index (Phi) is 5.71. The normalized spacial score (nSPS) is 17.2. The predicted molar refractivity (Wildman–Crippen MR) is 118 cm³/mol. The molecule has 0 unspecified atom stereocenters. The van der Waals surface area contributed by atoms with Crippen LogP contribution in [0, 0.1) is 20.2 Å². The maximum absolute atomic E-state index is 11.9. The lowest BCUT2D eigenvalue weighted by molar-refractivity contribution is -0.385. The second-order valence-corrected chi connectivity index (χ2v) is 8.39. The number of rotatable bonds is 2. The molecule has 0 spiro atoms. The Morgan fingerprint density at radius 2 is 1.36 bits per heavy atom. The molecule has 12 heteroatoms. The number of nitro benzene ring substituents is 2. The van der Waals surface area contributed by atoms with E-state index in [0.29, 0.717) is 22.9 Å². The van der Waals surface area contributed by atoms with Crippen LogP contribution in [0.4, 0.5) is 22.7 Å². The second-order valence-electron chi connectivity index (χ2n) is 8.39. The molecule has 0 atom stereocenters. The van der Waals surface area contributed by atoms with Crippen molar-refractivity contribution < 1.29 is 28.9 Å². The molecule has 174 valence electrons. The first-order valence-electron chi connectivity index (χ1n) is 9.77. The third-order valence-corrected chi connectivity index (χ3v) is 5.03. The van der Waals surface area contributed by atoms with Crippen molar-refractivity contribution >= 4 is 34.6 Å². The van der Waals surface area contributed by atoms with E-state index in [2.05, 4.69) is 5.32 Å². The minimum absolute atomic E-state index is 0.0632. The Balaban J connectivity index is 0.000000186. The summed E-state index contributed by atoms with van der Waals surface area (Å²) in [6.07, 6.45) is 0. The van der Waals surface area contributed by atoms with Crippen molar-refractivity contribution in [2.75, 3.05) is 17.3 Å². The molecular formula is C21H22N4O8. The number of hydrogen-bond acceptors (Lipinski definition) is 8. The zero-order valence-electron chi connectivity index (χ0n) is 18.6. The number of anilines is 2. The van der Waals surface area contributed by atoms with Crippen molar-refractivity contribution in [3.63, 3.8) is 0 Å². The predicted octanol–water partition coefficient (Wildman–Crippen LogP) is 3.43. The van der Waals surface area contributed by atoms with Gasteiger partial charge in [-0.15, -0.1) is 0 Å². The molecule has 2 heterocycles. The van der Waals surface area contributed by atoms with Gasteiger partial charge in [0.05, 0.1) is 21.2 Å². The summed E-state index contributed by atoms with van der Waals surface area (Å²) >= 11 is 0. The minimum Gasteiger partial charge on any atom is -0.476 e. The van der Waals surface area contributed by atoms with Gasteiger partial charge < -0.3 is 19.7 Å². The molecule has 2 aromatic rings. The number of likely N-dealkylation sites (N-methyl/N-ethyl adjacent to an activating group) is 1. The van der Waals surface area contributed by atoms with Gasteiger partial charge in [0, 0.05) is 31.3 Å². The number of nitro groups is 2. The molecule has 4 rings (SSSR count). The molecule has 2 aliphatic heterocycles. The van der Waals surface area contributed by atoms with Gasteiger partial charge in [0.25, 0.3) is 23.2 Å². The van der Waals surface area contributed by atoms with Gasteiger partial charge in [0.15, 0.2) is 11.2 Å². The molecule has 0 saturated carbocycles. The lowest BCUT2D eigenvalue weighted by Crippen LogP contribution is -2.50. The summed E-state index contributed by atoms with van der Waals surface area (Å²) in [6.45, 7) is 6.59. The average molecular weight is 458 g/mol. The van der Waals surface area contributed by atoms with Crippen LogP contribution in [-0.2, 0) is 9.59 Å². The fraction of sp³-hybridized carbons (Fsp3) is 0.333. The molecule has 33 heavy (non-hydrogen) atoms. The monoisotopic (exact) mass is 458 g/mol. The van der Waals surface area contributed by atoms with Crippen molar-refractivity contribution in [2.45, 2.75) is 38.9 Å². The summed E-state index contributed by atoms with van der Waals surface area (Å²) in [5.74, 6) is 0.365. The van der Waals surface area contributed by atoms with Gasteiger partial charge >= 0.3 is 0 Å². The minimum atomic E-state index is -0.955. The average Bonchev–Trinajstić information content (AvgIpc) is 2.72. The molecule has 2 aliphatic rings. The summed E-state index contributed by atoms with van der Waals surface area (Å²) in [6, 6.07) is 8.31. The first kappa shape index (κ1) is 23.4. The van der Waals surface area contributed by atoms with Crippen LogP contribution in [0.25, 0.3) is 0 Å². The number of nitrogens with one attached hydrogen (secondary N) is 1. The highest BCUT2D eigenvalue weighted by atomic mass is 16.6. The number of carbonyl (C=O) groups excluding carboxylic acids is 2. The van der Waals surface area contributed by atoms with Crippen LogP contribution in [-0.4, -0.2) is 39.9 Å². The first-order valence-corrected chi connectivity index (χ1v) is 9.77. The highest BCUT2D eigenvalue weighted by Crippen LogP contribution is 2.39. The van der Waals surface area contributed by atoms with E-state index in [1.165, 1.54) is 41.3 Å². The van der Waals surface area contributed by atoms with Gasteiger partial charge in [-0.1, -0.05) is 0 Å². The van der Waals surface area contributed by atoms with Crippen LogP contribution in [0.5, 0.6) is 11.5 Å². The number of amides is 2. The lowest BCUT2D eigenvalue weighted by atomic mass is 10.0. The van der Waals surface area contributed by atoms with E-state index in [0.717, 1.165) is 0 Å². The number of benzene rings is 2. The van der Waals surface area contributed by atoms with E-state index >= 15 is 0 Å². The second kappa shape index (κ2) is 8.04. The quantitative estimate of drug-likeness (QED) is 0.530. The fourth-order valence-electron chi connectivity index (χ4n) is 3.21. The Hall–Kier alpha value is -4.22. The van der Waals surface area contributed by atoms with E-state index in [4.69, 9.17) is 9.47 Å². The van der Waals surface area contributed by atoms with Crippen LogP contribution in [0.2, 0.25) is 0 Å². The molecule has 12 nitrogen and oxygen atoms in total. The van der Waals surface area contributed by atoms with E-state index in [9.17, 15) is 29.8 Å². The van der Waals surface area contributed by atoms with Crippen LogP contribution in [0.3, 0.4) is 0 Å². The summed E-state index contributed by atoms with van der Waals surface area (Å²) in [5.41, 5.74) is -1.29. The van der Waals surface area contributed by atoms with Gasteiger partial charge in [0.2, 0.25) is 0 Å². The third-order valence-electron chi connectivity index (χ3n) is 5.03. The number of non-ortho nitro benzene ring substituents is 2. The number of carbonyl (C=O) groups is 2. The van der Waals surface area contributed by atoms with Gasteiger partial charge in [-0.25, -0.2) is 0 Å². The van der Waals surface area contributed by atoms with Gasteiger partial charge in [0.1, 0.15) is 11.5 Å². The molecule has 0 saturated heterocycles. The van der Waals surface area contributed by atoms with Crippen molar-refractivity contribution in [3.8, 4) is 11.5 Å². The molecule has 2 amide bonds. The maximum atomic E-state index is 11.9. The maximum Gasteiger partial charge on any atom is 0.271 e. The lowest BCUT2D eigenvalue weighted by Gasteiger charge is -2.36. The Labute approximate surface area is 188 Å². The van der Waals surface area contributed by atoms with Crippen molar-refractivity contribution in [2.24, 2.45) is 0 Å². The van der Waals surface area contributed by atoms with Crippen LogP contribution >= 0.6 is 0 Å². The van der Waals surface area contributed by atoms with E-state index in [1.54, 1.807) is 34.7 Å². The number of hydrogen-bond donors (Lipinski definition) is 1. The summed E-state index contributed by atoms with van der Waals surface area (Å²) in [4.78, 5) is 45.0. The van der Waals surface area contributed by atoms with E-state index in [1.807, 2.05) is 0 Å². The molecule has 1 N–H and O–H groups in total. The molecule has 0 aliphatic carbocycles. The van der Waals surface area contributed by atoms with Crippen molar-refractivity contribution in [3.05, 3.63) is 56.6 Å². The van der Waals surface area contributed by atoms with Crippen LogP contribution in [0.15, 0.2) is 36.4 Å². The van der Waals surface area contributed by atoms with Gasteiger partial charge in [-0.05, 0) is 39.8 Å². The molecule has 0 radical (unpaired) electrons. The highest BCUT2D eigenvalue weighted by Gasteiger charge is 2.40. The fourth-order valence-corrected chi connectivity index (χ4v) is 3.21. The summed E-state index contributed by atoms with van der Waals surface area (Å²) < 4.78 is 11.0. The topological polar surface area (TPSA) is 154 Å². The molecule has 2 aromatic carbocycles. The Morgan fingerprint density at radius 1 is 0.848 bits per heavy atom. The van der Waals surface area contributed by atoms with E-state index in [-0.39, 0.29) is 23.2 Å². The standard InChI is InChI=1S/C11H12N2O4.C10H10N2O4/c1-11(2)10(14)12(3)8-6-7(13(15)16)4-5-9(8)17-11;1-10(2)9(13)11-7-5-6(12(14)15)3-4-8(7)16-10/h4-6H,1-3H3;3-5H,1-2H3,(H,11,13). The van der Waals surface area contributed by atoms with Crippen LogP contribution < -0.4 is 19.7 Å². The summed E-state index contributed by atoms with van der Waals surface area (Å²) in [7, 11) is 1.58. The first-order chi connectivity index (χ1) is 15.2. The van der Waals surface area contributed by atoms with Gasteiger partial charge in [-0.3, -0.25) is 29.8 Å². The number of ether oxygens (including phenoxy) is 2. The molecule has 0 aromatic heterocycles. The van der Waals surface area contributed by atoms with Gasteiger partial charge in [-0.2, -0.15) is 0 Å². The molecule has 0 bridgehead atoms. The Bertz CT molecular complexity index is 1170. The molecular weight excluding hydrogens is 436 g/mol. The number of nitrogens with zero attached hydrogens (tertiary/aromatic N) is 3. The Morgan fingerprint density at radius 3 is 1.94 bits per heavy atom. The highest BCUT2D eigenvalue weighted by molar-refractivity contribution is 6.02. The number of fused-ring (bicyclic) bond motifs is 2. The zero-order valence-corrected chi connectivity index (χ0v) is 18.6. The summed E-state index contributed by atoms with van der Waals surface area (Å²) in [5, 5.41) is 23.8. The van der Waals surface area contributed by atoms with Crippen molar-refractivity contribution in [1.29, 1.82) is 0 Å². The SMILES string of the molecule is CC1(C)Oc2ccc([N+](=O)[O-])cc2NC1=O.CN1C(=O)C(C)(C)Oc2ccc([N+](=O)[O-])cc21. The largest absolute Gasteiger partial charge is 0.476 e. The molecule has 0 fully saturated rings.